The van der Waals surface area contributed by atoms with Crippen LogP contribution in [0.1, 0.15) is 309 Å². The number of hydrogen-bond acceptors (Lipinski definition) is 8. The van der Waals surface area contributed by atoms with E-state index in [1.165, 1.54) is 218 Å². The first-order valence-electron chi connectivity index (χ1n) is 32.3. The summed E-state index contributed by atoms with van der Waals surface area (Å²) < 4.78 is 11.3. The van der Waals surface area contributed by atoms with Crippen molar-refractivity contribution >= 4 is 5.91 Å². The second kappa shape index (κ2) is 55.5. The molecule has 1 heterocycles. The summed E-state index contributed by atoms with van der Waals surface area (Å²) in [6.07, 6.45) is 67.5. The van der Waals surface area contributed by atoms with E-state index in [2.05, 4.69) is 67.8 Å². The Hall–Kier alpha value is -1.85. The number of unbranched alkanes of at least 4 members (excludes halogenated alkanes) is 38. The normalized spacial score (nSPS) is 19.2. The minimum Gasteiger partial charge on any atom is -0.394 e. The molecule has 9 heteroatoms. The Balaban J connectivity index is 2.05. The van der Waals surface area contributed by atoms with Gasteiger partial charge in [0, 0.05) is 6.42 Å². The zero-order chi connectivity index (χ0) is 54.3. The molecule has 1 fully saturated rings. The zero-order valence-electron chi connectivity index (χ0n) is 49.1. The van der Waals surface area contributed by atoms with Crippen LogP contribution in [0, 0.1) is 0 Å². The summed E-state index contributed by atoms with van der Waals surface area (Å²) >= 11 is 0. The van der Waals surface area contributed by atoms with Gasteiger partial charge in [0.25, 0.3) is 0 Å². The number of nitrogens with one attached hydrogen (secondary N) is 1. The van der Waals surface area contributed by atoms with E-state index in [1.807, 2.05) is 0 Å². The van der Waals surface area contributed by atoms with Crippen LogP contribution in [-0.4, -0.2) is 87.5 Å². The van der Waals surface area contributed by atoms with Crippen molar-refractivity contribution in [1.29, 1.82) is 0 Å². The van der Waals surface area contributed by atoms with Crippen LogP contribution in [0.5, 0.6) is 0 Å². The lowest BCUT2D eigenvalue weighted by atomic mass is 9.99. The summed E-state index contributed by atoms with van der Waals surface area (Å²) in [4.78, 5) is 13.1. The minimum atomic E-state index is -1.55. The van der Waals surface area contributed by atoms with E-state index in [0.29, 0.717) is 12.8 Å². The highest BCUT2D eigenvalue weighted by molar-refractivity contribution is 5.76. The monoisotopic (exact) mass is 1060 g/mol. The van der Waals surface area contributed by atoms with Crippen LogP contribution in [0.3, 0.4) is 0 Å². The van der Waals surface area contributed by atoms with Gasteiger partial charge in [-0.1, -0.05) is 300 Å². The van der Waals surface area contributed by atoms with Crippen molar-refractivity contribution in [3.05, 3.63) is 48.6 Å². The van der Waals surface area contributed by atoms with Crippen LogP contribution in [0.15, 0.2) is 48.6 Å². The van der Waals surface area contributed by atoms with E-state index in [1.54, 1.807) is 0 Å². The lowest BCUT2D eigenvalue weighted by Crippen LogP contribution is -2.60. The molecule has 0 aromatic heterocycles. The lowest BCUT2D eigenvalue weighted by molar-refractivity contribution is -0.302. The summed E-state index contributed by atoms with van der Waals surface area (Å²) in [6, 6.07) is -0.717. The number of allylic oxidation sites excluding steroid dienone is 8. The Morgan fingerprint density at radius 3 is 1.23 bits per heavy atom. The maximum atomic E-state index is 13.1. The first-order valence-corrected chi connectivity index (χ1v) is 32.3. The van der Waals surface area contributed by atoms with Crippen LogP contribution in [0.25, 0.3) is 0 Å². The van der Waals surface area contributed by atoms with Gasteiger partial charge in [0.1, 0.15) is 24.4 Å². The fraction of sp³-hybridized carbons (Fsp3) is 0.864. The second-order valence-electron chi connectivity index (χ2n) is 22.5. The summed E-state index contributed by atoms with van der Waals surface area (Å²) in [5.74, 6) is -0.139. The van der Waals surface area contributed by atoms with Crippen LogP contribution in [0.2, 0.25) is 0 Å². The molecular weight excluding hydrogens is 935 g/mol. The van der Waals surface area contributed by atoms with Crippen molar-refractivity contribution < 1.29 is 39.8 Å². The number of carbonyl (C=O) groups is 1. The third-order valence-corrected chi connectivity index (χ3v) is 15.4. The maximum absolute atomic E-state index is 13.1. The van der Waals surface area contributed by atoms with Crippen molar-refractivity contribution in [2.45, 2.75) is 352 Å². The van der Waals surface area contributed by atoms with Gasteiger partial charge in [0.05, 0.1) is 25.4 Å². The molecule has 7 atom stereocenters. The van der Waals surface area contributed by atoms with Gasteiger partial charge < -0.3 is 40.3 Å². The van der Waals surface area contributed by atoms with Gasteiger partial charge in [-0.3, -0.25) is 4.79 Å². The minimum absolute atomic E-state index is 0.134. The number of hydrogen-bond donors (Lipinski definition) is 6. The maximum Gasteiger partial charge on any atom is 0.220 e. The van der Waals surface area contributed by atoms with Crippen molar-refractivity contribution in [2.75, 3.05) is 13.2 Å². The highest BCUT2D eigenvalue weighted by atomic mass is 16.7. The summed E-state index contributed by atoms with van der Waals surface area (Å²) in [6.45, 7) is 3.75. The van der Waals surface area contributed by atoms with Gasteiger partial charge in [0.2, 0.25) is 5.91 Å². The molecule has 75 heavy (non-hydrogen) atoms. The van der Waals surface area contributed by atoms with Gasteiger partial charge >= 0.3 is 0 Å². The average Bonchev–Trinajstić information content (AvgIpc) is 3.41. The van der Waals surface area contributed by atoms with Gasteiger partial charge in [-0.25, -0.2) is 0 Å². The molecule has 7 unspecified atom stereocenters. The number of rotatable bonds is 56. The summed E-state index contributed by atoms with van der Waals surface area (Å²) in [5.41, 5.74) is 0. The molecule has 1 rings (SSSR count). The number of aliphatic hydroxyl groups excluding tert-OH is 5. The molecule has 0 spiro atoms. The molecule has 1 saturated heterocycles. The molecular formula is C66H123NO8. The predicted molar refractivity (Wildman–Crippen MR) is 318 cm³/mol. The Bertz CT molecular complexity index is 1320. The summed E-state index contributed by atoms with van der Waals surface area (Å²) in [7, 11) is 0. The van der Waals surface area contributed by atoms with E-state index >= 15 is 0 Å². The smallest absolute Gasteiger partial charge is 0.220 e. The Morgan fingerprint density at radius 1 is 0.467 bits per heavy atom. The van der Waals surface area contributed by atoms with Crippen molar-refractivity contribution in [3.8, 4) is 0 Å². The van der Waals surface area contributed by atoms with E-state index < -0.39 is 49.5 Å². The molecule has 0 bridgehead atoms. The average molecular weight is 1060 g/mol. The number of aliphatic hydroxyl groups is 5. The Kier molecular flexibility index (Phi) is 52.6. The fourth-order valence-corrected chi connectivity index (χ4v) is 10.4. The Labute approximate surface area is 463 Å². The number of ether oxygens (including phenoxy) is 2. The number of amides is 1. The van der Waals surface area contributed by atoms with Crippen LogP contribution < -0.4 is 5.32 Å². The van der Waals surface area contributed by atoms with E-state index in [4.69, 9.17) is 9.47 Å². The molecule has 1 aliphatic rings. The van der Waals surface area contributed by atoms with Crippen molar-refractivity contribution in [2.24, 2.45) is 0 Å². The topological polar surface area (TPSA) is 149 Å². The fourth-order valence-electron chi connectivity index (χ4n) is 10.4. The van der Waals surface area contributed by atoms with E-state index in [9.17, 15) is 30.3 Å². The first kappa shape index (κ1) is 71.2. The molecule has 1 aliphatic heterocycles. The SMILES string of the molecule is CC/C=C\C/C=C\C/C=C\C/C=C\CCCCCCCCCCCCCCCCCCCCCCCCCCC(=O)NC(COC1OC(CO)C(O)C(O)C1O)C(O)CCCCCCCCCCCCCCCCC. The largest absolute Gasteiger partial charge is 0.394 e. The molecule has 0 aromatic rings. The van der Waals surface area contributed by atoms with Gasteiger partial charge in [-0.15, -0.1) is 0 Å². The molecule has 6 N–H and O–H groups in total. The second-order valence-corrected chi connectivity index (χ2v) is 22.5. The van der Waals surface area contributed by atoms with Crippen molar-refractivity contribution in [3.63, 3.8) is 0 Å². The van der Waals surface area contributed by atoms with Gasteiger partial charge in [-0.05, 0) is 51.4 Å². The van der Waals surface area contributed by atoms with E-state index in [-0.39, 0.29) is 12.5 Å². The quantitative estimate of drug-likeness (QED) is 0.0261. The first-order chi connectivity index (χ1) is 36.8. The van der Waals surface area contributed by atoms with Crippen LogP contribution in [0.4, 0.5) is 0 Å². The molecule has 0 aromatic carbocycles. The molecule has 1 amide bonds. The standard InChI is InChI=1S/C66H123NO8/c1-3-5-7-9-11-13-15-17-19-20-21-22-23-24-25-26-27-28-29-30-31-32-33-34-35-36-37-38-39-40-42-44-46-48-50-52-54-56-62(70)67-59(58-74-66-65(73)64(72)63(71)61(57-68)75-66)60(69)55-53-51-49-47-45-43-41-18-16-14-12-10-8-6-4-2/h5,7,11,13,17,19,21-22,59-61,63-66,68-69,71-73H,3-4,6,8-10,12,14-16,18,20,23-58H2,1-2H3,(H,67,70)/b7-5-,13-11-,19-17-,22-21-. The third kappa shape index (κ3) is 44.7. The highest BCUT2D eigenvalue weighted by Gasteiger charge is 2.44. The summed E-state index contributed by atoms with van der Waals surface area (Å²) in [5, 5.41) is 54.7. The van der Waals surface area contributed by atoms with Crippen molar-refractivity contribution in [1.82, 2.24) is 5.32 Å². The number of carbonyl (C=O) groups excluding carboxylic acids is 1. The molecule has 9 nitrogen and oxygen atoms in total. The molecule has 0 aliphatic carbocycles. The predicted octanol–water partition coefficient (Wildman–Crippen LogP) is 16.9. The molecule has 0 radical (unpaired) electrons. The van der Waals surface area contributed by atoms with Crippen LogP contribution >= 0.6 is 0 Å². The molecule has 440 valence electrons. The van der Waals surface area contributed by atoms with Gasteiger partial charge in [-0.2, -0.15) is 0 Å². The third-order valence-electron chi connectivity index (χ3n) is 15.4. The van der Waals surface area contributed by atoms with Gasteiger partial charge in [0.15, 0.2) is 6.29 Å². The zero-order valence-corrected chi connectivity index (χ0v) is 49.1. The lowest BCUT2D eigenvalue weighted by Gasteiger charge is -2.40. The Morgan fingerprint density at radius 2 is 0.827 bits per heavy atom. The van der Waals surface area contributed by atoms with E-state index in [0.717, 1.165) is 64.2 Å². The van der Waals surface area contributed by atoms with Crippen LogP contribution in [-0.2, 0) is 14.3 Å². The molecule has 0 saturated carbocycles. The highest BCUT2D eigenvalue weighted by Crippen LogP contribution is 2.23.